The molecular weight excluding hydrogens is 300 g/mol. The second kappa shape index (κ2) is 6.82. The molecule has 130 valence electrons. The summed E-state index contributed by atoms with van der Waals surface area (Å²) in [6.07, 6.45) is 4.25. The Labute approximate surface area is 144 Å². The van der Waals surface area contributed by atoms with Crippen LogP contribution in [-0.2, 0) is 17.8 Å². The Morgan fingerprint density at radius 2 is 1.83 bits per heavy atom. The fraction of sp³-hybridized carbons (Fsp3) is 0.632. The maximum atomic E-state index is 12.6. The molecule has 24 heavy (non-hydrogen) atoms. The Bertz CT molecular complexity index is 597. The van der Waals surface area contributed by atoms with Gasteiger partial charge in [-0.3, -0.25) is 15.1 Å². The molecule has 4 rings (SSSR count). The van der Waals surface area contributed by atoms with Gasteiger partial charge in [-0.2, -0.15) is 0 Å². The Kier molecular flexibility index (Phi) is 4.57. The zero-order valence-electron chi connectivity index (χ0n) is 14.5. The van der Waals surface area contributed by atoms with Crippen LogP contribution >= 0.6 is 0 Å². The van der Waals surface area contributed by atoms with Crippen LogP contribution in [0.1, 0.15) is 37.3 Å². The number of hydrazine groups is 1. The van der Waals surface area contributed by atoms with E-state index in [2.05, 4.69) is 51.8 Å². The van der Waals surface area contributed by atoms with Gasteiger partial charge in [0.15, 0.2) is 0 Å². The van der Waals surface area contributed by atoms with Crippen molar-refractivity contribution in [2.24, 2.45) is 0 Å². The van der Waals surface area contributed by atoms with Crippen LogP contribution < -0.4 is 10.9 Å². The highest BCUT2D eigenvalue weighted by Gasteiger charge is 2.34. The average Bonchev–Trinajstić information content (AvgIpc) is 3.07. The van der Waals surface area contributed by atoms with Crippen LogP contribution in [0.4, 0.5) is 0 Å². The van der Waals surface area contributed by atoms with Crippen LogP contribution in [0.5, 0.6) is 0 Å². The zero-order chi connectivity index (χ0) is 16.5. The molecule has 0 radical (unpaired) electrons. The molecule has 0 bridgehead atoms. The van der Waals surface area contributed by atoms with E-state index in [0.717, 1.165) is 51.9 Å². The van der Waals surface area contributed by atoms with Crippen LogP contribution in [0.2, 0.25) is 0 Å². The Morgan fingerprint density at radius 1 is 1.08 bits per heavy atom. The van der Waals surface area contributed by atoms with Crippen molar-refractivity contribution in [3.63, 3.8) is 0 Å². The first kappa shape index (κ1) is 16.1. The first-order chi connectivity index (χ1) is 11.7. The van der Waals surface area contributed by atoms with E-state index in [9.17, 15) is 4.79 Å². The van der Waals surface area contributed by atoms with Gasteiger partial charge in [-0.05, 0) is 43.7 Å². The molecule has 0 spiro atoms. The summed E-state index contributed by atoms with van der Waals surface area (Å²) in [6.45, 7) is 6.13. The Hall–Kier alpha value is -1.43. The highest BCUT2D eigenvalue weighted by atomic mass is 16.2. The predicted octanol–water partition coefficient (Wildman–Crippen LogP) is 1.29. The third-order valence-electron chi connectivity index (χ3n) is 5.84. The third kappa shape index (κ3) is 3.21. The van der Waals surface area contributed by atoms with Gasteiger partial charge in [0.25, 0.3) is 0 Å². The smallest absolute Gasteiger partial charge is 0.241 e. The van der Waals surface area contributed by atoms with E-state index in [1.165, 1.54) is 11.1 Å². The second-order valence-corrected chi connectivity index (χ2v) is 7.52. The van der Waals surface area contributed by atoms with E-state index >= 15 is 0 Å². The van der Waals surface area contributed by atoms with Crippen LogP contribution in [0.25, 0.3) is 0 Å². The van der Waals surface area contributed by atoms with Crippen LogP contribution in [-0.4, -0.2) is 53.5 Å². The maximum absolute atomic E-state index is 12.6. The number of piperidine rings is 1. The first-order valence-corrected chi connectivity index (χ1v) is 9.31. The quantitative estimate of drug-likeness (QED) is 0.859. The van der Waals surface area contributed by atoms with E-state index in [-0.39, 0.29) is 11.9 Å². The molecule has 0 aliphatic carbocycles. The summed E-state index contributed by atoms with van der Waals surface area (Å²) in [5.74, 6) is 0.272. The van der Waals surface area contributed by atoms with Crippen LogP contribution in [0.15, 0.2) is 24.3 Å². The summed E-state index contributed by atoms with van der Waals surface area (Å²) in [6, 6.07) is 9.77. The number of carbonyl (C=O) groups excluding carboxylic acids is 1. The van der Waals surface area contributed by atoms with Crippen molar-refractivity contribution in [1.29, 1.82) is 0 Å². The van der Waals surface area contributed by atoms with E-state index in [1.807, 2.05) is 0 Å². The van der Waals surface area contributed by atoms with Crippen molar-refractivity contribution in [1.82, 2.24) is 20.7 Å². The van der Waals surface area contributed by atoms with Gasteiger partial charge in [0, 0.05) is 38.3 Å². The Morgan fingerprint density at radius 3 is 2.54 bits per heavy atom. The van der Waals surface area contributed by atoms with Gasteiger partial charge >= 0.3 is 0 Å². The minimum atomic E-state index is -0.0431. The molecule has 2 saturated heterocycles. The lowest BCUT2D eigenvalue weighted by atomic mass is 9.95. The molecule has 5 nitrogen and oxygen atoms in total. The molecule has 0 aromatic heterocycles. The number of hydrogen-bond acceptors (Lipinski definition) is 4. The summed E-state index contributed by atoms with van der Waals surface area (Å²) in [4.78, 5) is 17.3. The zero-order valence-corrected chi connectivity index (χ0v) is 14.5. The standard InChI is InChI=1S/C19H28N4O/c1-14-12-18(21-20-14)19(24)22-10-7-17(8-11-22)23-9-6-15-4-2-3-5-16(15)13-23/h2-5,14,17-18,20-21H,6-13H2,1H3. The highest BCUT2D eigenvalue weighted by molar-refractivity contribution is 5.82. The molecule has 3 aliphatic rings. The SMILES string of the molecule is CC1CC(C(=O)N2CCC(N3CCc4ccccc4C3)CC2)NN1. The number of benzene rings is 1. The third-order valence-corrected chi connectivity index (χ3v) is 5.84. The van der Waals surface area contributed by atoms with E-state index in [0.29, 0.717) is 12.1 Å². The number of amides is 1. The van der Waals surface area contributed by atoms with E-state index < -0.39 is 0 Å². The number of likely N-dealkylation sites (tertiary alicyclic amines) is 1. The molecule has 5 heteroatoms. The van der Waals surface area contributed by atoms with Gasteiger partial charge in [-0.1, -0.05) is 24.3 Å². The minimum Gasteiger partial charge on any atom is -0.341 e. The van der Waals surface area contributed by atoms with Gasteiger partial charge in [0.1, 0.15) is 6.04 Å². The molecule has 1 aromatic rings. The van der Waals surface area contributed by atoms with Crippen LogP contribution in [0, 0.1) is 0 Å². The summed E-state index contributed by atoms with van der Waals surface area (Å²) >= 11 is 0. The lowest BCUT2D eigenvalue weighted by molar-refractivity contribution is -0.134. The van der Waals surface area contributed by atoms with Gasteiger partial charge in [-0.15, -0.1) is 0 Å². The van der Waals surface area contributed by atoms with Crippen molar-refractivity contribution in [2.45, 2.75) is 57.3 Å². The van der Waals surface area contributed by atoms with Crippen LogP contribution in [0.3, 0.4) is 0 Å². The molecule has 2 unspecified atom stereocenters. The monoisotopic (exact) mass is 328 g/mol. The fourth-order valence-electron chi connectivity index (χ4n) is 4.38. The van der Waals surface area contributed by atoms with Crippen molar-refractivity contribution in [3.05, 3.63) is 35.4 Å². The highest BCUT2D eigenvalue weighted by Crippen LogP contribution is 2.25. The van der Waals surface area contributed by atoms with E-state index in [4.69, 9.17) is 0 Å². The molecule has 0 saturated carbocycles. The molecule has 3 aliphatic heterocycles. The largest absolute Gasteiger partial charge is 0.341 e. The summed E-state index contributed by atoms with van der Waals surface area (Å²) in [5, 5.41) is 0. The summed E-state index contributed by atoms with van der Waals surface area (Å²) in [5.41, 5.74) is 9.28. The van der Waals surface area contributed by atoms with Gasteiger partial charge in [0.05, 0.1) is 0 Å². The number of hydrogen-bond donors (Lipinski definition) is 2. The molecule has 1 amide bonds. The number of nitrogens with one attached hydrogen (secondary N) is 2. The van der Waals surface area contributed by atoms with Gasteiger partial charge in [-0.25, -0.2) is 5.43 Å². The molecular formula is C19H28N4O. The topological polar surface area (TPSA) is 47.6 Å². The molecule has 2 atom stereocenters. The van der Waals surface area contributed by atoms with Gasteiger partial charge in [0.2, 0.25) is 5.91 Å². The molecule has 3 heterocycles. The Balaban J connectivity index is 1.31. The second-order valence-electron chi connectivity index (χ2n) is 7.52. The number of nitrogens with zero attached hydrogens (tertiary/aromatic N) is 2. The maximum Gasteiger partial charge on any atom is 0.241 e. The minimum absolute atomic E-state index is 0.0431. The van der Waals surface area contributed by atoms with Crippen molar-refractivity contribution < 1.29 is 4.79 Å². The summed E-state index contributed by atoms with van der Waals surface area (Å²) < 4.78 is 0. The van der Waals surface area contributed by atoms with Crippen molar-refractivity contribution >= 4 is 5.91 Å². The lowest BCUT2D eigenvalue weighted by Gasteiger charge is -2.41. The van der Waals surface area contributed by atoms with Gasteiger partial charge < -0.3 is 4.90 Å². The normalized spacial score (nSPS) is 28.8. The van der Waals surface area contributed by atoms with Crippen molar-refractivity contribution in [3.8, 4) is 0 Å². The predicted molar refractivity (Wildman–Crippen MR) is 94.3 cm³/mol. The molecule has 2 N–H and O–H groups in total. The number of fused-ring (bicyclic) bond motifs is 1. The van der Waals surface area contributed by atoms with E-state index in [1.54, 1.807) is 0 Å². The number of carbonyl (C=O) groups is 1. The first-order valence-electron chi connectivity index (χ1n) is 9.31. The fourth-order valence-corrected chi connectivity index (χ4v) is 4.38. The number of rotatable bonds is 2. The lowest BCUT2D eigenvalue weighted by Crippen LogP contribution is -2.52. The summed E-state index contributed by atoms with van der Waals surface area (Å²) in [7, 11) is 0. The van der Waals surface area contributed by atoms with Crippen molar-refractivity contribution in [2.75, 3.05) is 19.6 Å². The molecule has 2 fully saturated rings. The average molecular weight is 328 g/mol. The molecule has 1 aromatic carbocycles.